The first-order valence-corrected chi connectivity index (χ1v) is 12.5. The van der Waals surface area contributed by atoms with Crippen LogP contribution in [0.4, 0.5) is 0 Å². The van der Waals surface area contributed by atoms with Crippen molar-refractivity contribution >= 4 is 17.5 Å². The summed E-state index contributed by atoms with van der Waals surface area (Å²) in [6.45, 7) is 9.13. The van der Waals surface area contributed by atoms with Gasteiger partial charge < -0.3 is 14.5 Å². The Kier molecular flexibility index (Phi) is 7.77. The highest BCUT2D eigenvalue weighted by atomic mass is 35.5. The Balaban J connectivity index is 1.46. The molecule has 0 radical (unpaired) electrons. The summed E-state index contributed by atoms with van der Waals surface area (Å²) in [7, 11) is 0. The summed E-state index contributed by atoms with van der Waals surface area (Å²) in [6, 6.07) is 8.82. The maximum atomic E-state index is 12.7. The van der Waals surface area contributed by atoms with Gasteiger partial charge in [0.2, 0.25) is 0 Å². The van der Waals surface area contributed by atoms with Gasteiger partial charge in [-0.2, -0.15) is 0 Å². The SMILES string of the molecule is Cc1nc(C2CCC(N3CC(C(=O)NC(C)C)OCC3Cc3ccc(Cl)cc3)CC2)oc1C. The highest BCUT2D eigenvalue weighted by Crippen LogP contribution is 2.36. The third-order valence-electron chi connectivity index (χ3n) is 7.00. The first-order valence-electron chi connectivity index (χ1n) is 12.2. The highest BCUT2D eigenvalue weighted by Gasteiger charge is 2.38. The van der Waals surface area contributed by atoms with E-state index in [9.17, 15) is 4.79 Å². The van der Waals surface area contributed by atoms with E-state index >= 15 is 0 Å². The molecular formula is C26H36ClN3O3. The number of carbonyl (C=O) groups is 1. The van der Waals surface area contributed by atoms with Crippen molar-refractivity contribution < 1.29 is 13.9 Å². The standard InChI is InChI=1S/C26H36ClN3O3/c1-16(2)28-25(31)24-14-30(23(15-32-24)13-19-5-9-21(27)10-6-19)22-11-7-20(8-12-22)26-29-17(3)18(4)33-26/h5-6,9-10,16,20,22-24H,7-8,11-15H2,1-4H3,(H,28,31). The number of aryl methyl sites for hydroxylation is 2. The number of halogens is 1. The number of hydrogen-bond donors (Lipinski definition) is 1. The third-order valence-corrected chi connectivity index (χ3v) is 7.26. The first-order chi connectivity index (χ1) is 15.8. The number of nitrogens with zero attached hydrogens (tertiary/aromatic N) is 2. The molecule has 6 nitrogen and oxygen atoms in total. The summed E-state index contributed by atoms with van der Waals surface area (Å²) >= 11 is 6.08. The van der Waals surface area contributed by atoms with Gasteiger partial charge in [-0.25, -0.2) is 4.98 Å². The van der Waals surface area contributed by atoms with Crippen molar-refractivity contribution in [1.29, 1.82) is 0 Å². The fraction of sp³-hybridized carbons (Fsp3) is 0.615. The fourth-order valence-electron chi connectivity index (χ4n) is 5.09. The molecule has 2 heterocycles. The predicted molar refractivity (Wildman–Crippen MR) is 130 cm³/mol. The highest BCUT2D eigenvalue weighted by molar-refractivity contribution is 6.30. The quantitative estimate of drug-likeness (QED) is 0.652. The Bertz CT molecular complexity index is 915. The summed E-state index contributed by atoms with van der Waals surface area (Å²) in [4.78, 5) is 19.9. The Labute approximate surface area is 202 Å². The molecule has 33 heavy (non-hydrogen) atoms. The predicted octanol–water partition coefficient (Wildman–Crippen LogP) is 4.81. The summed E-state index contributed by atoms with van der Waals surface area (Å²) < 4.78 is 12.0. The van der Waals surface area contributed by atoms with E-state index in [0.29, 0.717) is 25.1 Å². The topological polar surface area (TPSA) is 67.6 Å². The molecule has 2 atom stereocenters. The van der Waals surface area contributed by atoms with Crippen LogP contribution in [-0.4, -0.2) is 53.2 Å². The summed E-state index contributed by atoms with van der Waals surface area (Å²) in [5.41, 5.74) is 2.23. The molecule has 1 aliphatic heterocycles. The zero-order valence-electron chi connectivity index (χ0n) is 20.1. The third kappa shape index (κ3) is 5.97. The number of hydrogen-bond acceptors (Lipinski definition) is 5. The minimum atomic E-state index is -0.427. The van der Waals surface area contributed by atoms with Crippen molar-refractivity contribution in [1.82, 2.24) is 15.2 Å². The van der Waals surface area contributed by atoms with Gasteiger partial charge in [0, 0.05) is 35.6 Å². The molecule has 1 saturated heterocycles. The van der Waals surface area contributed by atoms with Gasteiger partial charge in [0.1, 0.15) is 11.9 Å². The van der Waals surface area contributed by atoms with E-state index in [1.165, 1.54) is 5.56 Å². The lowest BCUT2D eigenvalue weighted by molar-refractivity contribution is -0.145. The number of oxazole rings is 1. The van der Waals surface area contributed by atoms with Gasteiger partial charge in [-0.1, -0.05) is 23.7 Å². The molecule has 2 aromatic rings. The van der Waals surface area contributed by atoms with Crippen LogP contribution >= 0.6 is 11.6 Å². The molecule has 2 unspecified atom stereocenters. The zero-order chi connectivity index (χ0) is 23.5. The fourth-order valence-corrected chi connectivity index (χ4v) is 5.22. The van der Waals surface area contributed by atoms with Crippen molar-refractivity contribution in [3.8, 4) is 0 Å². The minimum Gasteiger partial charge on any atom is -0.445 e. The zero-order valence-corrected chi connectivity index (χ0v) is 20.9. The van der Waals surface area contributed by atoms with E-state index in [1.807, 2.05) is 39.8 Å². The molecule has 4 rings (SSSR count). The van der Waals surface area contributed by atoms with Gasteiger partial charge in [-0.3, -0.25) is 9.69 Å². The molecule has 7 heteroatoms. The van der Waals surface area contributed by atoms with Crippen molar-refractivity contribution in [2.75, 3.05) is 13.2 Å². The van der Waals surface area contributed by atoms with E-state index in [2.05, 4.69) is 27.3 Å². The molecule has 1 aliphatic carbocycles. The van der Waals surface area contributed by atoms with Crippen LogP contribution in [0.3, 0.4) is 0 Å². The van der Waals surface area contributed by atoms with E-state index in [-0.39, 0.29) is 18.0 Å². The van der Waals surface area contributed by atoms with E-state index in [1.54, 1.807) is 0 Å². The lowest BCUT2D eigenvalue weighted by atomic mass is 9.84. The number of ether oxygens (including phenoxy) is 1. The smallest absolute Gasteiger partial charge is 0.250 e. The molecule has 1 N–H and O–H groups in total. The molecule has 2 fully saturated rings. The number of rotatable bonds is 6. The van der Waals surface area contributed by atoms with Gasteiger partial charge in [-0.15, -0.1) is 0 Å². The number of nitrogens with one attached hydrogen (secondary N) is 1. The summed E-state index contributed by atoms with van der Waals surface area (Å²) in [5.74, 6) is 2.17. The number of morpholine rings is 1. The normalized spacial score (nSPS) is 26.5. The number of benzene rings is 1. The van der Waals surface area contributed by atoms with Crippen molar-refractivity contribution in [2.24, 2.45) is 0 Å². The minimum absolute atomic E-state index is 0.0145. The van der Waals surface area contributed by atoms with Crippen LogP contribution in [0, 0.1) is 13.8 Å². The molecular weight excluding hydrogens is 438 g/mol. The van der Waals surface area contributed by atoms with Crippen LogP contribution < -0.4 is 5.32 Å². The van der Waals surface area contributed by atoms with Gasteiger partial charge >= 0.3 is 0 Å². The van der Waals surface area contributed by atoms with Crippen LogP contribution in [-0.2, 0) is 16.0 Å². The first kappa shape index (κ1) is 24.2. The second kappa shape index (κ2) is 10.6. The average molecular weight is 474 g/mol. The lowest BCUT2D eigenvalue weighted by Gasteiger charge is -2.45. The van der Waals surface area contributed by atoms with E-state index < -0.39 is 6.10 Å². The average Bonchev–Trinajstić information content (AvgIpc) is 3.13. The Morgan fingerprint density at radius 3 is 2.48 bits per heavy atom. The van der Waals surface area contributed by atoms with Crippen LogP contribution in [0.1, 0.15) is 68.4 Å². The second-order valence-electron chi connectivity index (χ2n) is 9.87. The number of amides is 1. The molecule has 0 spiro atoms. The number of carbonyl (C=O) groups excluding carboxylic acids is 1. The molecule has 1 aromatic carbocycles. The van der Waals surface area contributed by atoms with Gasteiger partial charge in [0.15, 0.2) is 5.89 Å². The molecule has 2 aliphatic rings. The molecule has 1 aromatic heterocycles. The van der Waals surface area contributed by atoms with Crippen LogP contribution in [0.15, 0.2) is 28.7 Å². The Hall–Kier alpha value is -1.89. The van der Waals surface area contributed by atoms with Gasteiger partial charge in [-0.05, 0) is 77.5 Å². The van der Waals surface area contributed by atoms with Crippen LogP contribution in [0.5, 0.6) is 0 Å². The summed E-state index contributed by atoms with van der Waals surface area (Å²) in [5, 5.41) is 3.76. The molecule has 180 valence electrons. The summed E-state index contributed by atoms with van der Waals surface area (Å²) in [6.07, 6.45) is 4.70. The molecule has 0 bridgehead atoms. The van der Waals surface area contributed by atoms with Crippen LogP contribution in [0.2, 0.25) is 5.02 Å². The maximum absolute atomic E-state index is 12.7. The van der Waals surface area contributed by atoms with E-state index in [0.717, 1.165) is 54.5 Å². The monoisotopic (exact) mass is 473 g/mol. The van der Waals surface area contributed by atoms with Gasteiger partial charge in [0.25, 0.3) is 5.91 Å². The number of aromatic nitrogens is 1. The Morgan fingerprint density at radius 1 is 1.18 bits per heavy atom. The lowest BCUT2D eigenvalue weighted by Crippen LogP contribution is -2.59. The Morgan fingerprint density at radius 2 is 1.88 bits per heavy atom. The molecule has 1 amide bonds. The van der Waals surface area contributed by atoms with Crippen molar-refractivity contribution in [3.63, 3.8) is 0 Å². The van der Waals surface area contributed by atoms with E-state index in [4.69, 9.17) is 20.8 Å². The van der Waals surface area contributed by atoms with Crippen LogP contribution in [0.25, 0.3) is 0 Å². The molecule has 1 saturated carbocycles. The maximum Gasteiger partial charge on any atom is 0.250 e. The van der Waals surface area contributed by atoms with Gasteiger partial charge in [0.05, 0.1) is 12.3 Å². The largest absolute Gasteiger partial charge is 0.445 e. The second-order valence-corrected chi connectivity index (χ2v) is 10.3. The van der Waals surface area contributed by atoms with Crippen molar-refractivity contribution in [2.45, 2.75) is 89.9 Å². The van der Waals surface area contributed by atoms with Crippen molar-refractivity contribution in [3.05, 3.63) is 52.2 Å².